The minimum absolute atomic E-state index is 0.117. The highest BCUT2D eigenvalue weighted by atomic mass is 32.2. The maximum absolute atomic E-state index is 13.2. The predicted octanol–water partition coefficient (Wildman–Crippen LogP) is 2.26. The number of carbonyl (C=O) groups is 1. The van der Waals surface area contributed by atoms with Crippen molar-refractivity contribution in [2.75, 3.05) is 26.8 Å². The summed E-state index contributed by atoms with van der Waals surface area (Å²) in [4.78, 5) is 12.8. The molecule has 7 heteroatoms. The molecule has 0 atom stereocenters. The number of fused-ring (bicyclic) bond motifs is 1. The molecule has 2 aliphatic carbocycles. The van der Waals surface area contributed by atoms with Gasteiger partial charge in [-0.25, -0.2) is 8.42 Å². The number of ether oxygens (including phenoxy) is 1. The van der Waals surface area contributed by atoms with Gasteiger partial charge in [0.1, 0.15) is 0 Å². The van der Waals surface area contributed by atoms with E-state index in [-0.39, 0.29) is 17.4 Å². The Morgan fingerprint density at radius 1 is 1.21 bits per heavy atom. The zero-order valence-corrected chi connectivity index (χ0v) is 17.4. The Morgan fingerprint density at radius 2 is 1.93 bits per heavy atom. The van der Waals surface area contributed by atoms with Crippen molar-refractivity contribution in [3.8, 4) is 0 Å². The molecule has 0 spiro atoms. The molecule has 1 aromatic carbocycles. The first-order valence-electron chi connectivity index (χ1n) is 10.4. The van der Waals surface area contributed by atoms with E-state index in [0.29, 0.717) is 43.9 Å². The van der Waals surface area contributed by atoms with Gasteiger partial charge in [0.05, 0.1) is 4.90 Å². The minimum atomic E-state index is -3.50. The second-order valence-corrected chi connectivity index (χ2v) is 10.4. The average molecular weight is 407 g/mol. The quantitative estimate of drug-likeness (QED) is 0.754. The van der Waals surface area contributed by atoms with Gasteiger partial charge in [-0.05, 0) is 74.6 Å². The second kappa shape index (κ2) is 7.76. The lowest BCUT2D eigenvalue weighted by Crippen LogP contribution is -2.57. The number of benzene rings is 1. The number of sulfonamides is 1. The normalized spacial score (nSPS) is 22.0. The van der Waals surface area contributed by atoms with Crippen LogP contribution in [0.15, 0.2) is 23.1 Å². The van der Waals surface area contributed by atoms with Crippen LogP contribution in [0.3, 0.4) is 0 Å². The summed E-state index contributed by atoms with van der Waals surface area (Å²) in [7, 11) is -1.84. The number of amides is 1. The Morgan fingerprint density at radius 3 is 2.61 bits per heavy atom. The van der Waals surface area contributed by atoms with Gasteiger partial charge in [0.2, 0.25) is 15.9 Å². The van der Waals surface area contributed by atoms with Crippen molar-refractivity contribution in [2.24, 2.45) is 5.92 Å². The van der Waals surface area contributed by atoms with Crippen LogP contribution in [0.25, 0.3) is 0 Å². The fourth-order valence-corrected chi connectivity index (χ4v) is 5.95. The number of hydrogen-bond donors (Lipinski definition) is 1. The molecule has 28 heavy (non-hydrogen) atoms. The van der Waals surface area contributed by atoms with Crippen molar-refractivity contribution < 1.29 is 17.9 Å². The number of nitrogens with one attached hydrogen (secondary N) is 1. The van der Waals surface area contributed by atoms with Crippen molar-refractivity contribution in [1.82, 2.24) is 9.62 Å². The number of aryl methyl sites for hydroxylation is 2. The molecule has 0 bridgehead atoms. The Kier molecular flexibility index (Phi) is 5.51. The first kappa shape index (κ1) is 19.9. The lowest BCUT2D eigenvalue weighted by molar-refractivity contribution is -0.125. The van der Waals surface area contributed by atoms with Gasteiger partial charge in [-0.1, -0.05) is 6.07 Å². The average Bonchev–Trinajstić information content (AvgIpc) is 3.44. The molecule has 1 heterocycles. The fourth-order valence-electron chi connectivity index (χ4n) is 4.46. The molecule has 3 aliphatic rings. The molecule has 4 rings (SSSR count). The van der Waals surface area contributed by atoms with Gasteiger partial charge in [-0.3, -0.25) is 4.79 Å². The summed E-state index contributed by atoms with van der Waals surface area (Å²) in [6.45, 7) is 1.41. The number of rotatable bonds is 7. The molecule has 1 saturated carbocycles. The van der Waals surface area contributed by atoms with Gasteiger partial charge < -0.3 is 10.1 Å². The van der Waals surface area contributed by atoms with E-state index in [2.05, 4.69) is 5.32 Å². The van der Waals surface area contributed by atoms with Crippen LogP contribution in [0, 0.1) is 5.92 Å². The van der Waals surface area contributed by atoms with Crippen LogP contribution in [0.4, 0.5) is 0 Å². The predicted molar refractivity (Wildman–Crippen MR) is 107 cm³/mol. The van der Waals surface area contributed by atoms with E-state index >= 15 is 0 Å². The number of methoxy groups -OCH3 is 1. The zero-order chi connectivity index (χ0) is 19.8. The summed E-state index contributed by atoms with van der Waals surface area (Å²) in [6, 6.07) is 5.58. The number of nitrogens with zero attached hydrogens (tertiary/aromatic N) is 1. The lowest BCUT2D eigenvalue weighted by atomic mass is 9.85. The maximum atomic E-state index is 13.2. The summed E-state index contributed by atoms with van der Waals surface area (Å²) in [5.74, 6) is 0.263. The molecule has 0 radical (unpaired) electrons. The molecule has 1 aliphatic heterocycles. The molecule has 154 valence electrons. The smallest absolute Gasteiger partial charge is 0.243 e. The zero-order valence-electron chi connectivity index (χ0n) is 16.6. The van der Waals surface area contributed by atoms with Gasteiger partial charge in [0, 0.05) is 38.3 Å². The highest BCUT2D eigenvalue weighted by Crippen LogP contribution is 2.34. The van der Waals surface area contributed by atoms with Crippen LogP contribution < -0.4 is 5.32 Å². The van der Waals surface area contributed by atoms with Crippen LogP contribution in [0.1, 0.15) is 49.7 Å². The largest absolute Gasteiger partial charge is 0.385 e. The summed E-state index contributed by atoms with van der Waals surface area (Å²) in [5, 5.41) is 3.23. The standard InChI is InChI=1S/C21H30N2O4S/c1-27-14-11-21(22-20(24)17-5-6-17)9-12-23(13-10-21)28(25,26)19-8-7-16-3-2-4-18(16)15-19/h7-8,15,17H,2-6,9-14H2,1H3,(H,22,24). The summed E-state index contributed by atoms with van der Waals surface area (Å²) >= 11 is 0. The van der Waals surface area contributed by atoms with E-state index in [4.69, 9.17) is 4.74 Å². The van der Waals surface area contributed by atoms with Crippen LogP contribution in [-0.4, -0.2) is 51.0 Å². The van der Waals surface area contributed by atoms with Gasteiger partial charge in [0.25, 0.3) is 0 Å². The van der Waals surface area contributed by atoms with Crippen molar-refractivity contribution >= 4 is 15.9 Å². The van der Waals surface area contributed by atoms with Crippen molar-refractivity contribution in [2.45, 2.75) is 61.8 Å². The minimum Gasteiger partial charge on any atom is -0.385 e. The third kappa shape index (κ3) is 3.98. The Balaban J connectivity index is 1.47. The van der Waals surface area contributed by atoms with Gasteiger partial charge >= 0.3 is 0 Å². The molecule has 1 aromatic rings. The highest BCUT2D eigenvalue weighted by molar-refractivity contribution is 7.89. The van der Waals surface area contributed by atoms with Crippen molar-refractivity contribution in [3.05, 3.63) is 29.3 Å². The summed E-state index contributed by atoms with van der Waals surface area (Å²) in [5.41, 5.74) is 2.09. The van der Waals surface area contributed by atoms with Gasteiger partial charge in [0.15, 0.2) is 0 Å². The summed E-state index contributed by atoms with van der Waals surface area (Å²) in [6.07, 6.45) is 7.00. The molecule has 6 nitrogen and oxygen atoms in total. The van der Waals surface area contributed by atoms with E-state index in [1.54, 1.807) is 17.5 Å². The number of hydrogen-bond acceptors (Lipinski definition) is 4. The second-order valence-electron chi connectivity index (χ2n) is 8.47. The molecular formula is C21H30N2O4S. The third-order valence-corrected chi connectivity index (χ3v) is 8.40. The molecule has 1 amide bonds. The Bertz CT molecular complexity index is 840. The van der Waals surface area contributed by atoms with Crippen LogP contribution in [0.5, 0.6) is 0 Å². The fraction of sp³-hybridized carbons (Fsp3) is 0.667. The monoisotopic (exact) mass is 406 g/mol. The molecular weight excluding hydrogens is 376 g/mol. The maximum Gasteiger partial charge on any atom is 0.243 e. The van der Waals surface area contributed by atoms with E-state index < -0.39 is 10.0 Å². The molecule has 2 fully saturated rings. The first-order chi connectivity index (χ1) is 13.4. The summed E-state index contributed by atoms with van der Waals surface area (Å²) < 4.78 is 33.2. The Labute approximate surface area is 167 Å². The van der Waals surface area contributed by atoms with Crippen LogP contribution >= 0.6 is 0 Å². The highest BCUT2D eigenvalue weighted by Gasteiger charge is 2.42. The lowest BCUT2D eigenvalue weighted by Gasteiger charge is -2.42. The SMILES string of the molecule is COCCC1(NC(=O)C2CC2)CCN(S(=O)(=O)c2ccc3c(c2)CCC3)CC1. The Hall–Kier alpha value is -1.44. The topological polar surface area (TPSA) is 75.7 Å². The number of carbonyl (C=O) groups excluding carboxylic acids is 1. The van der Waals surface area contributed by atoms with Crippen LogP contribution in [-0.2, 0) is 32.4 Å². The molecule has 0 unspecified atom stereocenters. The number of piperidine rings is 1. The van der Waals surface area contributed by atoms with E-state index in [1.807, 2.05) is 12.1 Å². The van der Waals surface area contributed by atoms with Gasteiger partial charge in [-0.2, -0.15) is 4.31 Å². The van der Waals surface area contributed by atoms with E-state index in [0.717, 1.165) is 32.1 Å². The molecule has 1 N–H and O–H groups in total. The van der Waals surface area contributed by atoms with Crippen LogP contribution in [0.2, 0.25) is 0 Å². The van der Waals surface area contributed by atoms with Crippen molar-refractivity contribution in [1.29, 1.82) is 0 Å². The van der Waals surface area contributed by atoms with E-state index in [1.165, 1.54) is 11.1 Å². The molecule has 0 aromatic heterocycles. The molecule has 1 saturated heterocycles. The van der Waals surface area contributed by atoms with Crippen molar-refractivity contribution in [3.63, 3.8) is 0 Å². The van der Waals surface area contributed by atoms with Gasteiger partial charge in [-0.15, -0.1) is 0 Å². The third-order valence-electron chi connectivity index (χ3n) is 6.51. The van der Waals surface area contributed by atoms with E-state index in [9.17, 15) is 13.2 Å². The first-order valence-corrected chi connectivity index (χ1v) is 11.8.